The van der Waals surface area contributed by atoms with E-state index >= 15 is 0 Å². The normalized spacial score (nSPS) is 23.0. The first-order valence-corrected chi connectivity index (χ1v) is 12.6. The van der Waals surface area contributed by atoms with Crippen molar-refractivity contribution in [1.29, 1.82) is 0 Å². The third kappa shape index (κ3) is 4.83. The van der Waals surface area contributed by atoms with Crippen LogP contribution in [-0.2, 0) is 28.9 Å². The molecular formula is C26H32F2N4O3. The third-order valence-electron chi connectivity index (χ3n) is 7.45. The van der Waals surface area contributed by atoms with Crippen LogP contribution < -0.4 is 0 Å². The zero-order valence-corrected chi connectivity index (χ0v) is 20.3. The summed E-state index contributed by atoms with van der Waals surface area (Å²) < 4.78 is 34.9. The highest BCUT2D eigenvalue weighted by Crippen LogP contribution is 2.31. The Bertz CT molecular complexity index is 1120. The van der Waals surface area contributed by atoms with Crippen molar-refractivity contribution in [2.75, 3.05) is 26.2 Å². The Kier molecular flexibility index (Phi) is 6.61. The minimum atomic E-state index is -0.582. The highest BCUT2D eigenvalue weighted by atomic mass is 19.1. The number of carbonyl (C=O) groups excluding carboxylic acids is 2. The van der Waals surface area contributed by atoms with Crippen molar-refractivity contribution < 1.29 is 23.1 Å². The summed E-state index contributed by atoms with van der Waals surface area (Å²) in [6, 6.07) is 3.71. The second-order valence-electron chi connectivity index (χ2n) is 10.1. The second-order valence-corrected chi connectivity index (χ2v) is 10.1. The quantitative estimate of drug-likeness (QED) is 0.665. The van der Waals surface area contributed by atoms with E-state index in [4.69, 9.17) is 4.74 Å². The number of hydrogen-bond acceptors (Lipinski definition) is 4. The number of aromatic nitrogens is 2. The second kappa shape index (κ2) is 9.68. The molecule has 2 fully saturated rings. The molecule has 2 atom stereocenters. The Morgan fingerprint density at radius 3 is 2.46 bits per heavy atom. The molecule has 2 saturated heterocycles. The Labute approximate surface area is 204 Å². The van der Waals surface area contributed by atoms with Crippen LogP contribution in [0, 0.1) is 11.6 Å². The first-order chi connectivity index (χ1) is 16.8. The fourth-order valence-corrected chi connectivity index (χ4v) is 5.81. The van der Waals surface area contributed by atoms with Crippen LogP contribution in [-0.4, -0.2) is 69.8 Å². The van der Waals surface area contributed by atoms with Crippen LogP contribution in [0.3, 0.4) is 0 Å². The van der Waals surface area contributed by atoms with Crippen LogP contribution in [0.15, 0.2) is 18.2 Å². The molecule has 2 aromatic rings. The number of piperidine rings is 1. The Balaban J connectivity index is 1.25. The number of nitrogens with zero attached hydrogens (tertiary/aromatic N) is 4. The average molecular weight is 487 g/mol. The van der Waals surface area contributed by atoms with Crippen LogP contribution in [0.5, 0.6) is 0 Å². The summed E-state index contributed by atoms with van der Waals surface area (Å²) in [5.41, 5.74) is 2.94. The molecule has 9 heteroatoms. The monoisotopic (exact) mass is 486 g/mol. The maximum Gasteiger partial charge on any atom is 0.274 e. The molecule has 0 saturated carbocycles. The largest absolute Gasteiger partial charge is 0.372 e. The number of benzene rings is 1. The van der Waals surface area contributed by atoms with Crippen molar-refractivity contribution in [1.82, 2.24) is 19.6 Å². The number of fused-ring (bicyclic) bond motifs is 1. The summed E-state index contributed by atoms with van der Waals surface area (Å²) in [5.74, 6) is -1.27. The molecule has 188 valence electrons. The average Bonchev–Trinajstić information content (AvgIpc) is 3.42. The highest BCUT2D eigenvalue weighted by Gasteiger charge is 2.34. The lowest BCUT2D eigenvalue weighted by molar-refractivity contribution is -0.133. The first kappa shape index (κ1) is 23.9. The van der Waals surface area contributed by atoms with Gasteiger partial charge < -0.3 is 14.5 Å². The summed E-state index contributed by atoms with van der Waals surface area (Å²) in [5, 5.41) is 4.63. The lowest BCUT2D eigenvalue weighted by Gasteiger charge is -2.35. The number of likely N-dealkylation sites (tertiary alicyclic amines) is 1. The third-order valence-corrected chi connectivity index (χ3v) is 7.45. The van der Waals surface area contributed by atoms with Gasteiger partial charge >= 0.3 is 0 Å². The van der Waals surface area contributed by atoms with E-state index in [0.29, 0.717) is 50.3 Å². The van der Waals surface area contributed by atoms with E-state index in [0.717, 1.165) is 36.6 Å². The molecule has 0 radical (unpaired) electrons. The van der Waals surface area contributed by atoms with Crippen molar-refractivity contribution in [2.24, 2.45) is 0 Å². The van der Waals surface area contributed by atoms with E-state index in [1.54, 1.807) is 9.58 Å². The summed E-state index contributed by atoms with van der Waals surface area (Å²) in [7, 11) is 0. The Morgan fingerprint density at radius 2 is 1.77 bits per heavy atom. The molecule has 0 unspecified atom stereocenters. The molecule has 5 rings (SSSR count). The molecule has 3 aliphatic rings. The standard InChI is InChI=1S/C26H32F2N4O3/c1-16-13-31(14-17(2)35-16)26(34)25-21-4-3-5-23(21)32(29-25)15-24(33)30-10-8-18(9-11-30)20-7-6-19(27)12-22(20)28/h6-7,12,16-18H,3-5,8-11,13-15H2,1-2H3/t16-,17+. The fraction of sp³-hybridized carbons (Fsp3) is 0.577. The van der Waals surface area contributed by atoms with Crippen LogP contribution in [0.25, 0.3) is 0 Å². The van der Waals surface area contributed by atoms with Crippen molar-refractivity contribution >= 4 is 11.8 Å². The van der Waals surface area contributed by atoms with Crippen molar-refractivity contribution in [3.63, 3.8) is 0 Å². The van der Waals surface area contributed by atoms with Crippen LogP contribution in [0.2, 0.25) is 0 Å². The fourth-order valence-electron chi connectivity index (χ4n) is 5.81. The van der Waals surface area contributed by atoms with Gasteiger partial charge in [-0.25, -0.2) is 8.78 Å². The zero-order chi connectivity index (χ0) is 24.7. The number of ether oxygens (including phenoxy) is 1. The van der Waals surface area contributed by atoms with Gasteiger partial charge in [0.05, 0.1) is 12.2 Å². The highest BCUT2D eigenvalue weighted by molar-refractivity contribution is 5.94. The summed E-state index contributed by atoms with van der Waals surface area (Å²) >= 11 is 0. The maximum absolute atomic E-state index is 14.2. The van der Waals surface area contributed by atoms with Crippen LogP contribution >= 0.6 is 0 Å². The minimum absolute atomic E-state index is 0.0225. The summed E-state index contributed by atoms with van der Waals surface area (Å²) in [4.78, 5) is 30.0. The molecule has 1 aliphatic carbocycles. The molecule has 0 spiro atoms. The smallest absolute Gasteiger partial charge is 0.274 e. The predicted molar refractivity (Wildman–Crippen MR) is 125 cm³/mol. The van der Waals surface area contributed by atoms with Crippen molar-refractivity contribution in [3.8, 4) is 0 Å². The Morgan fingerprint density at radius 1 is 1.06 bits per heavy atom. The number of rotatable bonds is 4. The molecule has 0 bridgehead atoms. The number of halogens is 2. The maximum atomic E-state index is 14.2. The number of hydrogen-bond donors (Lipinski definition) is 0. The van der Waals surface area contributed by atoms with Gasteiger partial charge in [-0.2, -0.15) is 5.10 Å². The van der Waals surface area contributed by atoms with E-state index in [2.05, 4.69) is 5.10 Å². The number of carbonyl (C=O) groups is 2. The minimum Gasteiger partial charge on any atom is -0.372 e. The molecule has 3 heterocycles. The molecule has 7 nitrogen and oxygen atoms in total. The van der Waals surface area contributed by atoms with Crippen molar-refractivity contribution in [3.05, 3.63) is 52.3 Å². The summed E-state index contributed by atoms with van der Waals surface area (Å²) in [6.45, 7) is 6.12. The van der Waals surface area contributed by atoms with Gasteiger partial charge in [-0.1, -0.05) is 6.07 Å². The van der Waals surface area contributed by atoms with E-state index in [-0.39, 0.29) is 36.5 Å². The molecule has 2 aliphatic heterocycles. The van der Waals surface area contributed by atoms with Gasteiger partial charge in [0.1, 0.15) is 18.2 Å². The Hall–Kier alpha value is -2.81. The number of morpholine rings is 1. The molecule has 35 heavy (non-hydrogen) atoms. The van der Waals surface area contributed by atoms with Gasteiger partial charge in [0.15, 0.2) is 5.69 Å². The van der Waals surface area contributed by atoms with E-state index < -0.39 is 11.6 Å². The van der Waals surface area contributed by atoms with Crippen molar-refractivity contribution in [2.45, 2.75) is 70.6 Å². The molecule has 0 N–H and O–H groups in total. The lowest BCUT2D eigenvalue weighted by atomic mass is 9.89. The topological polar surface area (TPSA) is 67.7 Å². The summed E-state index contributed by atoms with van der Waals surface area (Å²) in [6.07, 6.45) is 3.77. The van der Waals surface area contributed by atoms with Gasteiger partial charge in [0.25, 0.3) is 5.91 Å². The van der Waals surface area contributed by atoms with Gasteiger partial charge in [-0.15, -0.1) is 0 Å². The number of amides is 2. The van der Waals surface area contributed by atoms with E-state index in [1.807, 2.05) is 18.7 Å². The lowest BCUT2D eigenvalue weighted by Crippen LogP contribution is -2.48. The first-order valence-electron chi connectivity index (χ1n) is 12.6. The molecule has 1 aromatic carbocycles. The molecular weight excluding hydrogens is 454 g/mol. The van der Waals surface area contributed by atoms with Gasteiger partial charge in [-0.05, 0) is 63.5 Å². The van der Waals surface area contributed by atoms with E-state index in [9.17, 15) is 18.4 Å². The SMILES string of the molecule is C[C@@H]1CN(C(=O)c2nn(CC(=O)N3CCC(c4ccc(F)cc4F)CC3)c3c2CCC3)C[C@H](C)O1. The molecule has 1 aromatic heterocycles. The van der Waals surface area contributed by atoms with Gasteiger partial charge in [-0.3, -0.25) is 14.3 Å². The predicted octanol–water partition coefficient (Wildman–Crippen LogP) is 3.31. The van der Waals surface area contributed by atoms with E-state index in [1.165, 1.54) is 12.1 Å². The van der Waals surface area contributed by atoms with Crippen LogP contribution in [0.1, 0.15) is 66.3 Å². The van der Waals surface area contributed by atoms with Gasteiger partial charge in [0, 0.05) is 43.5 Å². The van der Waals surface area contributed by atoms with Crippen LogP contribution in [0.4, 0.5) is 8.78 Å². The van der Waals surface area contributed by atoms with Gasteiger partial charge in [0.2, 0.25) is 5.91 Å². The molecule has 2 amide bonds. The zero-order valence-electron chi connectivity index (χ0n) is 20.3.